The largest absolute Gasteiger partial charge is 0.481 e. The minimum Gasteiger partial charge on any atom is -0.481 e. The van der Waals surface area contributed by atoms with Crippen LogP contribution in [0.1, 0.15) is 91.4 Å². The van der Waals surface area contributed by atoms with Crippen LogP contribution in [-0.2, 0) is 14.3 Å². The summed E-state index contributed by atoms with van der Waals surface area (Å²) < 4.78 is 5.81. The van der Waals surface area contributed by atoms with Crippen LogP contribution in [0.2, 0.25) is 0 Å². The minimum atomic E-state index is -0.774. The molecule has 140 valence electrons. The molecule has 0 amide bonds. The third-order valence-electron chi connectivity index (χ3n) is 5.08. The fourth-order valence-electron chi connectivity index (χ4n) is 3.53. The van der Waals surface area contributed by atoms with Crippen molar-refractivity contribution in [1.29, 1.82) is 0 Å². The molecule has 0 aromatic carbocycles. The van der Waals surface area contributed by atoms with E-state index in [1.54, 1.807) is 0 Å². The molecule has 24 heavy (non-hydrogen) atoms. The van der Waals surface area contributed by atoms with Crippen LogP contribution >= 0.6 is 0 Å². The Kier molecular flexibility index (Phi) is 10.0. The van der Waals surface area contributed by atoms with E-state index in [1.807, 2.05) is 0 Å². The van der Waals surface area contributed by atoms with Crippen LogP contribution in [0.3, 0.4) is 0 Å². The second-order valence-electron chi connectivity index (χ2n) is 7.78. The van der Waals surface area contributed by atoms with Crippen LogP contribution < -0.4 is 0 Å². The minimum absolute atomic E-state index is 0.00741. The fourth-order valence-corrected chi connectivity index (χ4v) is 3.53. The van der Waals surface area contributed by atoms with E-state index in [1.165, 1.54) is 6.42 Å². The highest BCUT2D eigenvalue weighted by Crippen LogP contribution is 2.31. The van der Waals surface area contributed by atoms with Gasteiger partial charge in [-0.05, 0) is 50.9 Å². The van der Waals surface area contributed by atoms with Gasteiger partial charge in [-0.1, -0.05) is 46.5 Å². The maximum Gasteiger partial charge on any atom is 0.309 e. The summed E-state index contributed by atoms with van der Waals surface area (Å²) >= 11 is 0. The van der Waals surface area contributed by atoms with Gasteiger partial charge in [-0.3, -0.25) is 9.59 Å². The van der Waals surface area contributed by atoms with Crippen molar-refractivity contribution in [2.45, 2.75) is 97.5 Å². The Morgan fingerprint density at radius 3 is 2.33 bits per heavy atom. The first-order valence-corrected chi connectivity index (χ1v) is 9.87. The molecule has 1 fully saturated rings. The molecule has 1 rings (SSSR count). The van der Waals surface area contributed by atoms with Crippen molar-refractivity contribution in [2.24, 2.45) is 17.8 Å². The molecule has 4 heteroatoms. The van der Waals surface area contributed by atoms with Gasteiger partial charge >= 0.3 is 11.9 Å². The number of carboxylic acids is 1. The summed E-state index contributed by atoms with van der Waals surface area (Å²) in [6.07, 6.45) is 10.3. The van der Waals surface area contributed by atoms with Crippen molar-refractivity contribution in [3.63, 3.8) is 0 Å². The summed E-state index contributed by atoms with van der Waals surface area (Å²) in [4.78, 5) is 23.7. The summed E-state index contributed by atoms with van der Waals surface area (Å²) in [6, 6.07) is 0. The predicted octanol–water partition coefficient (Wildman–Crippen LogP) is 5.20. The molecular weight excluding hydrogens is 304 g/mol. The van der Waals surface area contributed by atoms with E-state index in [2.05, 4.69) is 20.8 Å². The SMILES string of the molecule is CCCCCC(CCCC(C)C)OC(=O)C1CCCC(C(=O)O)C1. The van der Waals surface area contributed by atoms with E-state index in [0.29, 0.717) is 18.8 Å². The van der Waals surface area contributed by atoms with Crippen LogP contribution in [0.15, 0.2) is 0 Å². The molecule has 3 unspecified atom stereocenters. The van der Waals surface area contributed by atoms with Gasteiger partial charge in [-0.2, -0.15) is 0 Å². The lowest BCUT2D eigenvalue weighted by Gasteiger charge is -2.27. The van der Waals surface area contributed by atoms with E-state index in [9.17, 15) is 14.7 Å². The predicted molar refractivity (Wildman–Crippen MR) is 95.8 cm³/mol. The highest BCUT2D eigenvalue weighted by molar-refractivity contribution is 5.75. The van der Waals surface area contributed by atoms with Crippen molar-refractivity contribution in [1.82, 2.24) is 0 Å². The molecule has 0 saturated heterocycles. The normalized spacial score (nSPS) is 22.3. The fraction of sp³-hybridized carbons (Fsp3) is 0.900. The third kappa shape index (κ3) is 8.16. The average Bonchev–Trinajstić information content (AvgIpc) is 2.54. The van der Waals surface area contributed by atoms with Crippen LogP contribution in [-0.4, -0.2) is 23.1 Å². The van der Waals surface area contributed by atoms with Crippen molar-refractivity contribution in [3.05, 3.63) is 0 Å². The lowest BCUT2D eigenvalue weighted by atomic mass is 9.81. The smallest absolute Gasteiger partial charge is 0.309 e. The van der Waals surface area contributed by atoms with Gasteiger partial charge in [0.15, 0.2) is 0 Å². The molecule has 0 heterocycles. The van der Waals surface area contributed by atoms with E-state index in [-0.39, 0.29) is 23.9 Å². The van der Waals surface area contributed by atoms with Crippen molar-refractivity contribution in [2.75, 3.05) is 0 Å². The summed E-state index contributed by atoms with van der Waals surface area (Å²) in [5.74, 6) is -0.864. The van der Waals surface area contributed by atoms with Gasteiger partial charge in [0, 0.05) is 0 Å². The van der Waals surface area contributed by atoms with E-state index in [4.69, 9.17) is 4.74 Å². The van der Waals surface area contributed by atoms with Gasteiger partial charge in [0.2, 0.25) is 0 Å². The first-order valence-electron chi connectivity index (χ1n) is 9.87. The number of rotatable bonds is 11. The molecule has 1 N–H and O–H groups in total. The maximum absolute atomic E-state index is 12.5. The molecule has 4 nitrogen and oxygen atoms in total. The Morgan fingerprint density at radius 2 is 1.71 bits per heavy atom. The molecule has 0 aliphatic heterocycles. The summed E-state index contributed by atoms with van der Waals surface area (Å²) in [5, 5.41) is 9.18. The van der Waals surface area contributed by atoms with Gasteiger partial charge < -0.3 is 9.84 Å². The molecule has 0 aromatic rings. The summed E-state index contributed by atoms with van der Waals surface area (Å²) in [6.45, 7) is 6.60. The number of aliphatic carboxylic acids is 1. The van der Waals surface area contributed by atoms with Crippen LogP contribution in [0.5, 0.6) is 0 Å². The number of carbonyl (C=O) groups is 2. The Bertz CT molecular complexity index is 378. The quantitative estimate of drug-likeness (QED) is 0.415. The molecule has 1 aliphatic rings. The Morgan fingerprint density at radius 1 is 1.04 bits per heavy atom. The maximum atomic E-state index is 12.5. The lowest BCUT2D eigenvalue weighted by molar-refractivity contribution is -0.158. The Balaban J connectivity index is 2.49. The lowest BCUT2D eigenvalue weighted by Crippen LogP contribution is -2.31. The average molecular weight is 341 g/mol. The molecule has 0 bridgehead atoms. The number of hydrogen-bond donors (Lipinski definition) is 1. The van der Waals surface area contributed by atoms with E-state index >= 15 is 0 Å². The summed E-state index contributed by atoms with van der Waals surface area (Å²) in [7, 11) is 0. The van der Waals surface area contributed by atoms with Gasteiger partial charge in [0.25, 0.3) is 0 Å². The van der Waals surface area contributed by atoms with Crippen LogP contribution in [0.4, 0.5) is 0 Å². The molecule has 1 aliphatic carbocycles. The first-order chi connectivity index (χ1) is 11.4. The number of esters is 1. The molecule has 0 aromatic heterocycles. The second kappa shape index (κ2) is 11.5. The highest BCUT2D eigenvalue weighted by atomic mass is 16.5. The zero-order valence-corrected chi connectivity index (χ0v) is 15.8. The molecular formula is C20H36O4. The van der Waals surface area contributed by atoms with Crippen LogP contribution in [0, 0.1) is 17.8 Å². The number of carbonyl (C=O) groups excluding carboxylic acids is 1. The molecule has 1 saturated carbocycles. The number of ether oxygens (including phenoxy) is 1. The molecule has 0 spiro atoms. The zero-order chi connectivity index (χ0) is 17.9. The zero-order valence-electron chi connectivity index (χ0n) is 15.8. The molecule has 0 radical (unpaired) electrons. The summed E-state index contributed by atoms with van der Waals surface area (Å²) in [5.41, 5.74) is 0. The van der Waals surface area contributed by atoms with Crippen molar-refractivity contribution in [3.8, 4) is 0 Å². The van der Waals surface area contributed by atoms with Gasteiger partial charge in [0.05, 0.1) is 11.8 Å². The number of hydrogen-bond acceptors (Lipinski definition) is 3. The highest BCUT2D eigenvalue weighted by Gasteiger charge is 2.32. The first kappa shape index (κ1) is 21.0. The second-order valence-corrected chi connectivity index (χ2v) is 7.78. The van der Waals surface area contributed by atoms with Gasteiger partial charge in [-0.25, -0.2) is 0 Å². The third-order valence-corrected chi connectivity index (χ3v) is 5.08. The van der Waals surface area contributed by atoms with Gasteiger partial charge in [0.1, 0.15) is 6.10 Å². The molecule has 3 atom stereocenters. The van der Waals surface area contributed by atoms with Crippen molar-refractivity contribution < 1.29 is 19.4 Å². The Hall–Kier alpha value is -1.06. The van der Waals surface area contributed by atoms with Crippen LogP contribution in [0.25, 0.3) is 0 Å². The van der Waals surface area contributed by atoms with E-state index in [0.717, 1.165) is 51.4 Å². The van der Waals surface area contributed by atoms with E-state index < -0.39 is 5.97 Å². The Labute approximate surface area is 147 Å². The van der Waals surface area contributed by atoms with Crippen molar-refractivity contribution >= 4 is 11.9 Å². The number of unbranched alkanes of at least 4 members (excludes halogenated alkanes) is 2. The number of carboxylic acid groups (broad SMARTS) is 1. The van der Waals surface area contributed by atoms with Gasteiger partial charge in [-0.15, -0.1) is 0 Å². The topological polar surface area (TPSA) is 63.6 Å². The monoisotopic (exact) mass is 340 g/mol. The standard InChI is InChI=1S/C20H36O4/c1-4-5-6-12-18(13-7-9-15(2)3)24-20(23)17-11-8-10-16(14-17)19(21)22/h15-18H,4-14H2,1-3H3,(H,21,22).